The number of aryl methyl sites for hydroxylation is 1. The van der Waals surface area contributed by atoms with Crippen molar-refractivity contribution in [3.05, 3.63) is 117 Å². The third-order valence-electron chi connectivity index (χ3n) is 6.42. The number of amides is 2. The van der Waals surface area contributed by atoms with Gasteiger partial charge in [0.05, 0.1) is 18.2 Å². The Morgan fingerprint density at radius 3 is 2.56 bits per heavy atom. The van der Waals surface area contributed by atoms with Crippen molar-refractivity contribution in [3.63, 3.8) is 0 Å². The number of carbonyl (C=O) groups is 2. The number of tetrazole rings is 1. The van der Waals surface area contributed by atoms with Crippen molar-refractivity contribution in [2.24, 2.45) is 0 Å². The maximum atomic E-state index is 13.2. The highest BCUT2D eigenvalue weighted by atomic mass is 35.5. The Hall–Kier alpha value is -4.51. The first-order valence-corrected chi connectivity index (χ1v) is 14.2. The predicted molar refractivity (Wildman–Crippen MR) is 166 cm³/mol. The van der Waals surface area contributed by atoms with Gasteiger partial charge in [0.15, 0.2) is 0 Å². The van der Waals surface area contributed by atoms with Crippen molar-refractivity contribution >= 4 is 52.7 Å². The van der Waals surface area contributed by atoms with Gasteiger partial charge in [-0.15, -0.1) is 5.10 Å². The SMILES string of the molecule is Cc1ccc(-c2nc([C@H](CC(=O)NCc3cccc(Cl)c3)NC(=O)/C=C/c3cc(Cl)ccc3-n3cnnn3)[nH]c2Cl)cc1. The Balaban J connectivity index is 1.37. The van der Waals surface area contributed by atoms with Gasteiger partial charge in [-0.1, -0.05) is 76.8 Å². The molecule has 5 rings (SSSR count). The van der Waals surface area contributed by atoms with E-state index in [2.05, 4.69) is 36.1 Å². The molecule has 3 aromatic carbocycles. The molecule has 2 aromatic heterocycles. The Bertz CT molecular complexity index is 1770. The van der Waals surface area contributed by atoms with Gasteiger partial charge >= 0.3 is 0 Å². The van der Waals surface area contributed by atoms with Gasteiger partial charge in [-0.3, -0.25) is 9.59 Å². The molecule has 0 saturated carbocycles. The lowest BCUT2D eigenvalue weighted by molar-refractivity contribution is -0.122. The summed E-state index contributed by atoms with van der Waals surface area (Å²) in [5.74, 6) is -0.452. The second-order valence-corrected chi connectivity index (χ2v) is 10.9. The van der Waals surface area contributed by atoms with Crippen molar-refractivity contribution in [1.29, 1.82) is 0 Å². The number of rotatable bonds is 10. The standard InChI is InChI=1S/C30H25Cl3N8O2/c1-18-5-7-20(8-6-18)28-29(33)38-30(37-28)24(15-27(43)34-16-19-3-2-4-22(31)13-19)36-26(42)12-9-21-14-23(32)10-11-25(21)41-17-35-39-40-41/h2-14,17,24H,15-16H2,1H3,(H,34,43)(H,36,42)(H,37,38)/b12-9+/t24-/m0/s1. The van der Waals surface area contributed by atoms with Crippen LogP contribution in [0.25, 0.3) is 23.0 Å². The fourth-order valence-electron chi connectivity index (χ4n) is 4.28. The topological polar surface area (TPSA) is 130 Å². The van der Waals surface area contributed by atoms with E-state index in [0.29, 0.717) is 32.8 Å². The first-order valence-electron chi connectivity index (χ1n) is 13.1. The molecular formula is C30H25Cl3N8O2. The van der Waals surface area contributed by atoms with Crippen LogP contribution in [0.15, 0.2) is 79.1 Å². The Kier molecular flexibility index (Phi) is 9.51. The van der Waals surface area contributed by atoms with Crippen LogP contribution in [-0.4, -0.2) is 42.0 Å². The number of carbonyl (C=O) groups excluding carboxylic acids is 2. The van der Waals surface area contributed by atoms with E-state index < -0.39 is 11.9 Å². The lowest BCUT2D eigenvalue weighted by atomic mass is 10.1. The molecule has 3 N–H and O–H groups in total. The van der Waals surface area contributed by atoms with Gasteiger partial charge in [0.1, 0.15) is 23.0 Å². The normalized spacial score (nSPS) is 11.9. The summed E-state index contributed by atoms with van der Waals surface area (Å²) in [7, 11) is 0. The van der Waals surface area contributed by atoms with Gasteiger partial charge in [0.2, 0.25) is 11.8 Å². The molecule has 2 heterocycles. The van der Waals surface area contributed by atoms with Gasteiger partial charge in [-0.05, 0) is 59.3 Å². The summed E-state index contributed by atoms with van der Waals surface area (Å²) >= 11 is 18.8. The molecule has 1 atom stereocenters. The number of hydrogen-bond donors (Lipinski definition) is 3. The van der Waals surface area contributed by atoms with Gasteiger partial charge < -0.3 is 15.6 Å². The van der Waals surface area contributed by atoms with E-state index in [1.54, 1.807) is 42.5 Å². The zero-order chi connectivity index (χ0) is 30.3. The van der Waals surface area contributed by atoms with E-state index in [1.165, 1.54) is 17.1 Å². The Labute approximate surface area is 262 Å². The van der Waals surface area contributed by atoms with E-state index in [9.17, 15) is 9.59 Å². The van der Waals surface area contributed by atoms with Crippen LogP contribution in [0.4, 0.5) is 0 Å². The van der Waals surface area contributed by atoms with Crippen molar-refractivity contribution < 1.29 is 9.59 Å². The predicted octanol–water partition coefficient (Wildman–Crippen LogP) is 5.90. The number of benzene rings is 3. The van der Waals surface area contributed by atoms with Crippen LogP contribution in [0.3, 0.4) is 0 Å². The zero-order valence-corrected chi connectivity index (χ0v) is 25.0. The molecule has 43 heavy (non-hydrogen) atoms. The number of imidazole rings is 1. The monoisotopic (exact) mass is 634 g/mol. The maximum Gasteiger partial charge on any atom is 0.244 e. The first-order chi connectivity index (χ1) is 20.7. The van der Waals surface area contributed by atoms with Gasteiger partial charge in [0.25, 0.3) is 0 Å². The summed E-state index contributed by atoms with van der Waals surface area (Å²) in [5, 5.41) is 18.3. The average Bonchev–Trinajstić information content (AvgIpc) is 3.66. The molecule has 0 saturated heterocycles. The number of aromatic nitrogens is 6. The van der Waals surface area contributed by atoms with Gasteiger partial charge in [-0.2, -0.15) is 4.68 Å². The number of nitrogens with zero attached hydrogens (tertiary/aromatic N) is 5. The van der Waals surface area contributed by atoms with Crippen molar-refractivity contribution in [2.75, 3.05) is 0 Å². The highest BCUT2D eigenvalue weighted by molar-refractivity contribution is 6.32. The molecule has 0 unspecified atom stereocenters. The number of aromatic amines is 1. The summed E-state index contributed by atoms with van der Waals surface area (Å²) in [6.07, 6.45) is 4.25. The molecule has 5 aromatic rings. The highest BCUT2D eigenvalue weighted by Crippen LogP contribution is 2.29. The summed E-state index contributed by atoms with van der Waals surface area (Å²) in [4.78, 5) is 33.9. The molecule has 0 aliphatic heterocycles. The Morgan fingerprint density at radius 2 is 1.81 bits per heavy atom. The summed E-state index contributed by atoms with van der Waals surface area (Å²) in [5.41, 5.74) is 4.46. The largest absolute Gasteiger partial charge is 0.352 e. The third kappa shape index (κ3) is 7.86. The van der Waals surface area contributed by atoms with Crippen molar-refractivity contribution in [2.45, 2.75) is 25.9 Å². The fourth-order valence-corrected chi connectivity index (χ4v) is 4.92. The van der Waals surface area contributed by atoms with Gasteiger partial charge in [0, 0.05) is 33.8 Å². The molecule has 13 heteroatoms. The second-order valence-electron chi connectivity index (χ2n) is 9.61. The zero-order valence-electron chi connectivity index (χ0n) is 22.8. The summed E-state index contributed by atoms with van der Waals surface area (Å²) in [6.45, 7) is 2.25. The number of halogens is 3. The molecule has 0 spiro atoms. The molecular weight excluding hydrogens is 611 g/mol. The third-order valence-corrected chi connectivity index (χ3v) is 7.16. The van der Waals surface area contributed by atoms with Crippen molar-refractivity contribution in [3.8, 4) is 16.9 Å². The first kappa shape index (κ1) is 30.0. The minimum Gasteiger partial charge on any atom is -0.352 e. The summed E-state index contributed by atoms with van der Waals surface area (Å²) < 4.78 is 1.46. The lowest BCUT2D eigenvalue weighted by Gasteiger charge is -2.16. The average molecular weight is 636 g/mol. The van der Waals surface area contributed by atoms with Crippen molar-refractivity contribution in [1.82, 2.24) is 40.8 Å². The molecule has 0 bridgehead atoms. The maximum absolute atomic E-state index is 13.2. The van der Waals surface area contributed by atoms with Crippen LogP contribution in [0.2, 0.25) is 15.2 Å². The van der Waals surface area contributed by atoms with Crippen LogP contribution < -0.4 is 10.6 Å². The highest BCUT2D eigenvalue weighted by Gasteiger charge is 2.23. The minimum absolute atomic E-state index is 0.107. The second kappa shape index (κ2) is 13.6. The summed E-state index contributed by atoms with van der Waals surface area (Å²) in [6, 6.07) is 19.2. The van der Waals surface area contributed by atoms with E-state index in [1.807, 2.05) is 37.3 Å². The van der Waals surface area contributed by atoms with E-state index in [4.69, 9.17) is 34.8 Å². The van der Waals surface area contributed by atoms with E-state index in [0.717, 1.165) is 16.7 Å². The molecule has 0 aliphatic carbocycles. The Morgan fingerprint density at radius 1 is 1.02 bits per heavy atom. The molecule has 0 aliphatic rings. The molecule has 0 radical (unpaired) electrons. The van der Waals surface area contributed by atoms with Crippen LogP contribution in [0, 0.1) is 6.92 Å². The van der Waals surface area contributed by atoms with Crippen LogP contribution >= 0.6 is 34.8 Å². The van der Waals surface area contributed by atoms with E-state index in [-0.39, 0.29) is 24.0 Å². The number of hydrogen-bond acceptors (Lipinski definition) is 6. The van der Waals surface area contributed by atoms with E-state index >= 15 is 0 Å². The molecule has 2 amide bonds. The molecule has 10 nitrogen and oxygen atoms in total. The fraction of sp³-hybridized carbons (Fsp3) is 0.133. The number of H-pyrrole nitrogens is 1. The molecule has 0 fully saturated rings. The van der Waals surface area contributed by atoms with Crippen LogP contribution in [-0.2, 0) is 16.1 Å². The number of nitrogens with one attached hydrogen (secondary N) is 3. The quantitative estimate of drug-likeness (QED) is 0.164. The van der Waals surface area contributed by atoms with Crippen LogP contribution in [0.5, 0.6) is 0 Å². The van der Waals surface area contributed by atoms with Crippen LogP contribution in [0.1, 0.15) is 35.0 Å². The lowest BCUT2D eigenvalue weighted by Crippen LogP contribution is -2.33. The molecule has 218 valence electrons. The minimum atomic E-state index is -0.827. The van der Waals surface area contributed by atoms with Gasteiger partial charge in [-0.25, -0.2) is 4.98 Å². The smallest absolute Gasteiger partial charge is 0.244 e.